The van der Waals surface area contributed by atoms with Crippen molar-refractivity contribution >= 4 is 0 Å². The molecular formula is C34H24F6IrN7O. The summed E-state index contributed by atoms with van der Waals surface area (Å²) in [6.45, 7) is 0.158. The molecule has 0 spiro atoms. The Morgan fingerprint density at radius 1 is 0.653 bits per heavy atom. The minimum atomic E-state index is -4.69. The molecule has 0 unspecified atom stereocenters. The maximum Gasteiger partial charge on any atom is 3.00 e. The fourth-order valence-corrected chi connectivity index (χ4v) is 4.99. The molecule has 0 fully saturated rings. The molecule has 6 rings (SSSR count). The van der Waals surface area contributed by atoms with Gasteiger partial charge in [0.05, 0.1) is 34.4 Å². The van der Waals surface area contributed by atoms with Gasteiger partial charge in [-0.15, -0.1) is 17.7 Å². The standard InChI is InChI=1S/C34H24F6N7O.Ir/c35-33(36,37)28-18-21-46(44-28)30-16-8-14-26(42-30)32(24-10-2-1-3-11-24,48-23-7-5-13-25-12-4-6-20-41-25)27-15-9-17-31(43-27)47-22-19-29(45-47)34(38,39)40;/h1-4,6,8-10,12,14-20H,5,7,13,23H2;/q-3;+3. The molecule has 5 heterocycles. The fourth-order valence-electron chi connectivity index (χ4n) is 4.99. The van der Waals surface area contributed by atoms with Gasteiger partial charge in [0.25, 0.3) is 0 Å². The smallest absolute Gasteiger partial charge is 0.360 e. The van der Waals surface area contributed by atoms with E-state index in [9.17, 15) is 26.3 Å². The molecule has 49 heavy (non-hydrogen) atoms. The van der Waals surface area contributed by atoms with E-state index in [0.717, 1.165) is 15.1 Å². The van der Waals surface area contributed by atoms with Gasteiger partial charge >= 0.3 is 32.5 Å². The largest absolute Gasteiger partial charge is 3.00 e. The Morgan fingerprint density at radius 3 is 1.73 bits per heavy atom. The van der Waals surface area contributed by atoms with Gasteiger partial charge in [-0.05, 0) is 43.5 Å². The monoisotopic (exact) mass is 853 g/mol. The first kappa shape index (κ1) is 35.6. The van der Waals surface area contributed by atoms with Crippen molar-refractivity contribution in [2.24, 2.45) is 0 Å². The van der Waals surface area contributed by atoms with Gasteiger partial charge in [-0.3, -0.25) is 25.1 Å². The van der Waals surface area contributed by atoms with Crippen LogP contribution in [0.15, 0.2) is 97.2 Å². The van der Waals surface area contributed by atoms with Gasteiger partial charge in [-0.25, -0.2) is 0 Å². The van der Waals surface area contributed by atoms with E-state index in [1.54, 1.807) is 54.7 Å². The van der Waals surface area contributed by atoms with Gasteiger partial charge in [0, 0.05) is 18.5 Å². The molecule has 0 aliphatic rings. The van der Waals surface area contributed by atoms with Crippen LogP contribution in [-0.2, 0) is 49.2 Å². The van der Waals surface area contributed by atoms with Gasteiger partial charge in [-0.2, -0.15) is 56.7 Å². The minimum Gasteiger partial charge on any atom is -0.360 e. The van der Waals surface area contributed by atoms with Crippen molar-refractivity contribution in [3.63, 3.8) is 0 Å². The molecule has 0 saturated carbocycles. The van der Waals surface area contributed by atoms with Gasteiger partial charge in [0.15, 0.2) is 5.60 Å². The Balaban J connectivity index is 0.00000468. The van der Waals surface area contributed by atoms with Crippen molar-refractivity contribution in [1.29, 1.82) is 0 Å². The van der Waals surface area contributed by atoms with Crippen molar-refractivity contribution in [2.45, 2.75) is 37.2 Å². The van der Waals surface area contributed by atoms with E-state index < -0.39 is 29.3 Å². The summed E-state index contributed by atoms with van der Waals surface area (Å²) in [5.41, 5.74) is -2.19. The van der Waals surface area contributed by atoms with Crippen LogP contribution in [0.4, 0.5) is 26.3 Å². The molecule has 0 amide bonds. The van der Waals surface area contributed by atoms with Gasteiger partial charge < -0.3 is 14.1 Å². The van der Waals surface area contributed by atoms with Crippen LogP contribution in [0.3, 0.4) is 0 Å². The Morgan fingerprint density at radius 2 is 1.24 bits per heavy atom. The molecule has 0 saturated heterocycles. The van der Waals surface area contributed by atoms with Gasteiger partial charge in [-0.1, -0.05) is 42.7 Å². The molecule has 5 aromatic heterocycles. The van der Waals surface area contributed by atoms with Crippen LogP contribution < -0.4 is 0 Å². The van der Waals surface area contributed by atoms with Crippen molar-refractivity contribution in [3.05, 3.63) is 150 Å². The maximum absolute atomic E-state index is 13.4. The number of unbranched alkanes of at least 4 members (excludes halogenated alkanes) is 1. The van der Waals surface area contributed by atoms with E-state index in [2.05, 4.69) is 43.6 Å². The van der Waals surface area contributed by atoms with E-state index in [0.29, 0.717) is 37.0 Å². The Labute approximate surface area is 290 Å². The second-order valence-corrected chi connectivity index (χ2v) is 10.5. The summed E-state index contributed by atoms with van der Waals surface area (Å²) in [4.78, 5) is 13.7. The van der Waals surface area contributed by atoms with Gasteiger partial charge in [0.1, 0.15) is 0 Å². The maximum atomic E-state index is 13.4. The average Bonchev–Trinajstić information content (AvgIpc) is 3.80. The van der Waals surface area contributed by atoms with E-state index in [4.69, 9.17) is 4.74 Å². The summed E-state index contributed by atoms with van der Waals surface area (Å²) in [5, 5.41) is 7.21. The SMILES string of the molecule is FC(F)(F)c1c[c-]n(-c2cccc(C(OCCCCc3ccccn3)(c3[c-]cccc3)c3cccc(-n4[c-]cc(C(F)(F)F)n4)n3)n2)n1.[Ir+3]. The van der Waals surface area contributed by atoms with Gasteiger partial charge in [0.2, 0.25) is 0 Å². The zero-order valence-corrected chi connectivity index (χ0v) is 27.6. The number of hydrogen-bond donors (Lipinski definition) is 0. The van der Waals surface area contributed by atoms with E-state index in [1.807, 2.05) is 18.2 Å². The van der Waals surface area contributed by atoms with Crippen molar-refractivity contribution < 1.29 is 51.2 Å². The summed E-state index contributed by atoms with van der Waals surface area (Å²) >= 11 is 0. The van der Waals surface area contributed by atoms with Crippen LogP contribution in [-0.4, -0.2) is 41.1 Å². The number of nitrogens with zero attached hydrogens (tertiary/aromatic N) is 7. The molecule has 0 radical (unpaired) electrons. The first-order valence-electron chi connectivity index (χ1n) is 14.6. The molecule has 252 valence electrons. The zero-order chi connectivity index (χ0) is 33.8. The third-order valence-electron chi connectivity index (χ3n) is 7.23. The van der Waals surface area contributed by atoms with Crippen molar-refractivity contribution in [3.8, 4) is 11.6 Å². The Kier molecular flexibility index (Phi) is 10.8. The van der Waals surface area contributed by atoms with E-state index >= 15 is 0 Å². The number of aromatic nitrogens is 7. The number of ether oxygens (including phenoxy) is 1. The van der Waals surface area contributed by atoms with E-state index in [1.165, 1.54) is 12.1 Å². The summed E-state index contributed by atoms with van der Waals surface area (Å²) in [6, 6.07) is 26.4. The quantitative estimate of drug-likeness (QED) is 0.0793. The Hall–Kier alpha value is -4.72. The molecule has 0 bridgehead atoms. The molecule has 6 aromatic rings. The summed E-state index contributed by atoms with van der Waals surface area (Å²) in [6.07, 6.45) is -0.818. The van der Waals surface area contributed by atoms with E-state index in [-0.39, 0.29) is 49.7 Å². The summed E-state index contributed by atoms with van der Waals surface area (Å²) < 4.78 is 88.6. The van der Waals surface area contributed by atoms with Crippen LogP contribution in [0.25, 0.3) is 11.6 Å². The average molecular weight is 853 g/mol. The second kappa shape index (κ2) is 14.8. The normalized spacial score (nSPS) is 12.1. The molecule has 0 atom stereocenters. The Bertz CT molecular complexity index is 1870. The van der Waals surface area contributed by atoms with Crippen LogP contribution in [0.2, 0.25) is 0 Å². The van der Waals surface area contributed by atoms with Crippen LogP contribution >= 0.6 is 0 Å². The number of hydrogen-bond acceptors (Lipinski definition) is 6. The first-order chi connectivity index (χ1) is 23.0. The van der Waals surface area contributed by atoms with Crippen LogP contribution in [0.5, 0.6) is 0 Å². The molecule has 0 aliphatic carbocycles. The number of pyridine rings is 3. The molecule has 0 aliphatic heterocycles. The summed E-state index contributed by atoms with van der Waals surface area (Å²) in [5.74, 6) is 0.0156. The molecular weight excluding hydrogens is 829 g/mol. The second-order valence-electron chi connectivity index (χ2n) is 10.5. The first-order valence-corrected chi connectivity index (χ1v) is 14.6. The van der Waals surface area contributed by atoms with Crippen molar-refractivity contribution in [1.82, 2.24) is 34.5 Å². The van der Waals surface area contributed by atoms with Crippen LogP contribution in [0, 0.1) is 18.5 Å². The predicted octanol–water partition coefficient (Wildman–Crippen LogP) is 7.01. The number of rotatable bonds is 11. The number of halogens is 6. The fraction of sp³-hybridized carbons (Fsp3) is 0.206. The zero-order valence-electron chi connectivity index (χ0n) is 25.2. The third-order valence-corrected chi connectivity index (χ3v) is 7.23. The molecule has 0 N–H and O–H groups in total. The minimum absolute atomic E-state index is 0. The number of benzene rings is 1. The topological polar surface area (TPSA) is 83.5 Å². The molecule has 8 nitrogen and oxygen atoms in total. The number of aryl methyl sites for hydroxylation is 1. The van der Waals surface area contributed by atoms with Crippen LogP contribution in [0.1, 0.15) is 46.9 Å². The molecule has 15 heteroatoms. The van der Waals surface area contributed by atoms with Crippen molar-refractivity contribution in [2.75, 3.05) is 6.61 Å². The third kappa shape index (κ3) is 7.96. The number of alkyl halides is 6. The molecule has 1 aromatic carbocycles. The summed E-state index contributed by atoms with van der Waals surface area (Å²) in [7, 11) is 0. The predicted molar refractivity (Wildman–Crippen MR) is 159 cm³/mol.